The molecule has 2 N–H and O–H groups in total. The SMILES string of the molecule is Cn1c(CCN)nc2ccc(C#N)cc21. The van der Waals surface area contributed by atoms with E-state index in [1.807, 2.05) is 23.7 Å². The molecule has 0 aliphatic heterocycles. The van der Waals surface area contributed by atoms with E-state index in [0.717, 1.165) is 23.3 Å². The lowest BCUT2D eigenvalue weighted by Gasteiger charge is -1.99. The molecular weight excluding hydrogens is 188 g/mol. The number of nitriles is 1. The molecule has 76 valence electrons. The van der Waals surface area contributed by atoms with Crippen LogP contribution in [0, 0.1) is 11.3 Å². The van der Waals surface area contributed by atoms with Gasteiger partial charge in [-0.3, -0.25) is 0 Å². The minimum Gasteiger partial charge on any atom is -0.331 e. The first-order chi connectivity index (χ1) is 7.26. The van der Waals surface area contributed by atoms with Crippen LogP contribution in [0.25, 0.3) is 11.0 Å². The molecule has 1 heterocycles. The van der Waals surface area contributed by atoms with Gasteiger partial charge in [-0.15, -0.1) is 0 Å². The van der Waals surface area contributed by atoms with Crippen LogP contribution >= 0.6 is 0 Å². The number of hydrogen-bond donors (Lipinski definition) is 1. The fraction of sp³-hybridized carbons (Fsp3) is 0.273. The molecule has 0 radical (unpaired) electrons. The van der Waals surface area contributed by atoms with Gasteiger partial charge in [0.2, 0.25) is 0 Å². The van der Waals surface area contributed by atoms with Crippen molar-refractivity contribution in [1.82, 2.24) is 9.55 Å². The Morgan fingerprint density at radius 1 is 1.53 bits per heavy atom. The minimum absolute atomic E-state index is 0.586. The van der Waals surface area contributed by atoms with Crippen LogP contribution in [0.2, 0.25) is 0 Å². The Labute approximate surface area is 87.9 Å². The van der Waals surface area contributed by atoms with E-state index in [1.54, 1.807) is 6.07 Å². The normalized spacial score (nSPS) is 10.5. The fourth-order valence-corrected chi connectivity index (χ4v) is 1.66. The van der Waals surface area contributed by atoms with Crippen LogP contribution in [-0.2, 0) is 13.5 Å². The Bertz CT molecular complexity index is 533. The molecule has 0 saturated heterocycles. The zero-order valence-corrected chi connectivity index (χ0v) is 8.57. The van der Waals surface area contributed by atoms with E-state index in [1.165, 1.54) is 0 Å². The second-order valence-corrected chi connectivity index (χ2v) is 3.44. The topological polar surface area (TPSA) is 67.6 Å². The summed E-state index contributed by atoms with van der Waals surface area (Å²) in [6, 6.07) is 7.62. The van der Waals surface area contributed by atoms with Crippen LogP contribution in [-0.4, -0.2) is 16.1 Å². The standard InChI is InChI=1S/C11H12N4/c1-15-10-6-8(7-13)2-3-9(10)14-11(15)4-5-12/h2-3,6H,4-5,12H2,1H3. The number of nitrogens with zero attached hydrogens (tertiary/aromatic N) is 3. The third-order valence-corrected chi connectivity index (χ3v) is 2.47. The molecule has 1 aromatic carbocycles. The number of imidazole rings is 1. The van der Waals surface area contributed by atoms with Crippen LogP contribution in [0.4, 0.5) is 0 Å². The van der Waals surface area contributed by atoms with E-state index in [9.17, 15) is 0 Å². The number of fused-ring (bicyclic) bond motifs is 1. The number of aryl methyl sites for hydroxylation is 1. The first-order valence-electron chi connectivity index (χ1n) is 4.82. The number of benzene rings is 1. The van der Waals surface area contributed by atoms with Gasteiger partial charge in [0, 0.05) is 13.5 Å². The van der Waals surface area contributed by atoms with Crippen molar-refractivity contribution in [2.24, 2.45) is 12.8 Å². The zero-order chi connectivity index (χ0) is 10.8. The third-order valence-electron chi connectivity index (χ3n) is 2.47. The molecule has 0 spiro atoms. The lowest BCUT2D eigenvalue weighted by atomic mass is 10.2. The molecule has 15 heavy (non-hydrogen) atoms. The smallest absolute Gasteiger partial charge is 0.110 e. The summed E-state index contributed by atoms with van der Waals surface area (Å²) in [5.74, 6) is 0.961. The Morgan fingerprint density at radius 3 is 3.00 bits per heavy atom. The first kappa shape index (κ1) is 9.69. The van der Waals surface area contributed by atoms with Gasteiger partial charge in [-0.1, -0.05) is 0 Å². The van der Waals surface area contributed by atoms with Crippen molar-refractivity contribution in [3.05, 3.63) is 29.6 Å². The summed E-state index contributed by atoms with van der Waals surface area (Å²) in [6.45, 7) is 0.586. The van der Waals surface area contributed by atoms with Crippen LogP contribution in [0.15, 0.2) is 18.2 Å². The number of hydrogen-bond acceptors (Lipinski definition) is 3. The quantitative estimate of drug-likeness (QED) is 0.784. The Morgan fingerprint density at radius 2 is 2.33 bits per heavy atom. The molecular formula is C11H12N4. The average molecular weight is 200 g/mol. The van der Waals surface area contributed by atoms with E-state index in [4.69, 9.17) is 11.0 Å². The highest BCUT2D eigenvalue weighted by Gasteiger charge is 2.07. The number of aromatic nitrogens is 2. The van der Waals surface area contributed by atoms with Crippen molar-refractivity contribution in [1.29, 1.82) is 5.26 Å². The van der Waals surface area contributed by atoms with Gasteiger partial charge < -0.3 is 10.3 Å². The highest BCUT2D eigenvalue weighted by molar-refractivity contribution is 5.77. The summed E-state index contributed by atoms with van der Waals surface area (Å²) in [5.41, 5.74) is 8.06. The van der Waals surface area contributed by atoms with Crippen LogP contribution < -0.4 is 5.73 Å². The van der Waals surface area contributed by atoms with Gasteiger partial charge in [0.05, 0.1) is 22.7 Å². The van der Waals surface area contributed by atoms with Gasteiger partial charge in [0.1, 0.15) is 5.82 Å². The molecule has 1 aromatic heterocycles. The van der Waals surface area contributed by atoms with Crippen molar-refractivity contribution < 1.29 is 0 Å². The lowest BCUT2D eigenvalue weighted by molar-refractivity contribution is 0.794. The summed E-state index contributed by atoms with van der Waals surface area (Å²) < 4.78 is 1.99. The van der Waals surface area contributed by atoms with E-state index in [2.05, 4.69) is 11.1 Å². The van der Waals surface area contributed by atoms with Crippen LogP contribution in [0.3, 0.4) is 0 Å². The first-order valence-corrected chi connectivity index (χ1v) is 4.82. The van der Waals surface area contributed by atoms with Gasteiger partial charge in [0.25, 0.3) is 0 Å². The lowest BCUT2D eigenvalue weighted by Crippen LogP contribution is -2.07. The molecule has 0 bridgehead atoms. The van der Waals surface area contributed by atoms with E-state index in [0.29, 0.717) is 12.1 Å². The molecule has 4 heteroatoms. The van der Waals surface area contributed by atoms with Crippen molar-refractivity contribution in [3.8, 4) is 6.07 Å². The molecule has 2 aromatic rings. The number of rotatable bonds is 2. The predicted octanol–water partition coefficient (Wildman–Crippen LogP) is 0.946. The molecule has 0 amide bonds. The van der Waals surface area contributed by atoms with Gasteiger partial charge in [-0.2, -0.15) is 5.26 Å². The Kier molecular flexibility index (Phi) is 2.40. The highest BCUT2D eigenvalue weighted by atomic mass is 15.1. The van der Waals surface area contributed by atoms with E-state index < -0.39 is 0 Å². The Hall–Kier alpha value is -1.86. The van der Waals surface area contributed by atoms with Crippen molar-refractivity contribution in [2.75, 3.05) is 6.54 Å². The van der Waals surface area contributed by atoms with Gasteiger partial charge in [0.15, 0.2) is 0 Å². The second-order valence-electron chi connectivity index (χ2n) is 3.44. The molecule has 4 nitrogen and oxygen atoms in total. The minimum atomic E-state index is 0.586. The monoisotopic (exact) mass is 200 g/mol. The molecule has 2 rings (SSSR count). The number of nitrogens with two attached hydrogens (primary N) is 1. The molecule has 0 atom stereocenters. The summed E-state index contributed by atoms with van der Waals surface area (Å²) >= 11 is 0. The molecule has 0 fully saturated rings. The van der Waals surface area contributed by atoms with Crippen molar-refractivity contribution >= 4 is 11.0 Å². The maximum atomic E-state index is 8.80. The third kappa shape index (κ3) is 1.58. The second kappa shape index (κ2) is 3.71. The largest absolute Gasteiger partial charge is 0.331 e. The molecule has 0 saturated carbocycles. The molecule has 0 aliphatic carbocycles. The maximum Gasteiger partial charge on any atom is 0.110 e. The summed E-state index contributed by atoms with van der Waals surface area (Å²) in [5, 5.41) is 8.80. The van der Waals surface area contributed by atoms with Gasteiger partial charge >= 0.3 is 0 Å². The van der Waals surface area contributed by atoms with Crippen LogP contribution in [0.1, 0.15) is 11.4 Å². The summed E-state index contributed by atoms with van der Waals surface area (Å²) in [7, 11) is 1.95. The van der Waals surface area contributed by atoms with Crippen molar-refractivity contribution in [2.45, 2.75) is 6.42 Å². The molecule has 0 aliphatic rings. The zero-order valence-electron chi connectivity index (χ0n) is 8.57. The highest BCUT2D eigenvalue weighted by Crippen LogP contribution is 2.16. The molecule has 0 unspecified atom stereocenters. The van der Waals surface area contributed by atoms with Gasteiger partial charge in [-0.05, 0) is 24.7 Å². The van der Waals surface area contributed by atoms with Crippen LogP contribution in [0.5, 0.6) is 0 Å². The summed E-state index contributed by atoms with van der Waals surface area (Å²) in [4.78, 5) is 4.45. The van der Waals surface area contributed by atoms with E-state index >= 15 is 0 Å². The fourth-order valence-electron chi connectivity index (χ4n) is 1.66. The van der Waals surface area contributed by atoms with Crippen molar-refractivity contribution in [3.63, 3.8) is 0 Å². The van der Waals surface area contributed by atoms with Gasteiger partial charge in [-0.25, -0.2) is 4.98 Å². The average Bonchev–Trinajstić information content (AvgIpc) is 2.56. The maximum absolute atomic E-state index is 8.80. The Balaban J connectivity index is 2.62. The predicted molar refractivity (Wildman–Crippen MR) is 58.2 cm³/mol. The summed E-state index contributed by atoms with van der Waals surface area (Å²) in [6.07, 6.45) is 0.757. The van der Waals surface area contributed by atoms with E-state index in [-0.39, 0.29) is 0 Å².